The summed E-state index contributed by atoms with van der Waals surface area (Å²) in [7, 11) is 3.09. The fraction of sp³-hybridized carbons (Fsp3) is 0.308. The first kappa shape index (κ1) is 21.1. The van der Waals surface area contributed by atoms with Gasteiger partial charge >= 0.3 is 0 Å². The first-order valence-corrected chi connectivity index (χ1v) is 11.0. The quantitative estimate of drug-likeness (QED) is 0.537. The lowest BCUT2D eigenvalue weighted by Crippen LogP contribution is -2.38. The minimum Gasteiger partial charge on any atom is -0.503 e. The van der Waals surface area contributed by atoms with E-state index in [2.05, 4.69) is 0 Å². The molecule has 1 unspecified atom stereocenters. The number of para-hydroxylation sites is 1. The van der Waals surface area contributed by atoms with E-state index < -0.39 is 23.5 Å². The minimum absolute atomic E-state index is 0.0261. The van der Waals surface area contributed by atoms with Crippen molar-refractivity contribution in [2.75, 3.05) is 14.2 Å². The highest BCUT2D eigenvalue weighted by Crippen LogP contribution is 2.44. The Morgan fingerprint density at radius 3 is 2.55 bits per heavy atom. The molecule has 7 heteroatoms. The Morgan fingerprint density at radius 1 is 1.06 bits per heavy atom. The van der Waals surface area contributed by atoms with Crippen molar-refractivity contribution in [1.82, 2.24) is 4.90 Å². The highest BCUT2D eigenvalue weighted by Gasteiger charge is 2.47. The number of carbonyl (C=O) groups is 2. The molecule has 1 N–H and O–H groups in total. The summed E-state index contributed by atoms with van der Waals surface area (Å²) in [6.07, 6.45) is 3.69. The molecule has 1 aliphatic heterocycles. The number of benzene rings is 2. The fourth-order valence-electron chi connectivity index (χ4n) is 4.99. The van der Waals surface area contributed by atoms with Crippen LogP contribution in [0.3, 0.4) is 0 Å². The van der Waals surface area contributed by atoms with Crippen LogP contribution in [0, 0.1) is 0 Å². The van der Waals surface area contributed by atoms with Gasteiger partial charge in [0.2, 0.25) is 5.78 Å². The van der Waals surface area contributed by atoms with Crippen molar-refractivity contribution >= 4 is 22.7 Å². The first-order valence-electron chi connectivity index (χ1n) is 11.0. The highest BCUT2D eigenvalue weighted by atomic mass is 16.5. The van der Waals surface area contributed by atoms with Crippen molar-refractivity contribution in [2.24, 2.45) is 0 Å². The lowest BCUT2D eigenvalue weighted by molar-refractivity contribution is -0.131. The highest BCUT2D eigenvalue weighted by molar-refractivity contribution is 6.16. The molecule has 0 bridgehead atoms. The van der Waals surface area contributed by atoms with E-state index in [0.717, 1.165) is 25.7 Å². The maximum absolute atomic E-state index is 13.7. The molecule has 2 heterocycles. The summed E-state index contributed by atoms with van der Waals surface area (Å²) in [5, 5.41) is 11.6. The number of hydrogen-bond acceptors (Lipinski definition) is 6. The van der Waals surface area contributed by atoms with E-state index >= 15 is 0 Å². The zero-order valence-electron chi connectivity index (χ0n) is 18.5. The maximum Gasteiger partial charge on any atom is 0.290 e. The normalized spacial score (nSPS) is 19.0. The van der Waals surface area contributed by atoms with Gasteiger partial charge in [0.25, 0.3) is 5.91 Å². The second-order valence-electron chi connectivity index (χ2n) is 8.41. The Morgan fingerprint density at radius 2 is 1.82 bits per heavy atom. The van der Waals surface area contributed by atoms with Crippen molar-refractivity contribution in [3.8, 4) is 11.5 Å². The summed E-state index contributed by atoms with van der Waals surface area (Å²) >= 11 is 0. The molecular formula is C26H25NO6. The molecule has 1 aliphatic carbocycles. The summed E-state index contributed by atoms with van der Waals surface area (Å²) in [5.41, 5.74) is 1.17. The van der Waals surface area contributed by atoms with Gasteiger partial charge < -0.3 is 23.9 Å². The van der Waals surface area contributed by atoms with E-state index in [1.54, 1.807) is 36.3 Å². The van der Waals surface area contributed by atoms with E-state index in [1.807, 2.05) is 24.3 Å². The SMILES string of the molecule is COc1cccc(C2C(C(=O)c3cc4cccc(OC)c4o3)=C(O)C(=O)N2C2CCCC2)c1. The van der Waals surface area contributed by atoms with E-state index in [9.17, 15) is 14.7 Å². The Hall–Kier alpha value is -3.74. The van der Waals surface area contributed by atoms with Crippen LogP contribution < -0.4 is 9.47 Å². The average molecular weight is 447 g/mol. The number of aliphatic hydroxyl groups is 1. The third-order valence-corrected chi connectivity index (χ3v) is 6.57. The number of carbonyl (C=O) groups excluding carboxylic acids is 2. The van der Waals surface area contributed by atoms with Crippen LogP contribution in [-0.4, -0.2) is 42.0 Å². The van der Waals surface area contributed by atoms with Crippen molar-refractivity contribution < 1.29 is 28.6 Å². The van der Waals surface area contributed by atoms with E-state index in [0.29, 0.717) is 28.0 Å². The number of amides is 1. The van der Waals surface area contributed by atoms with Crippen molar-refractivity contribution in [3.63, 3.8) is 0 Å². The van der Waals surface area contributed by atoms with E-state index in [-0.39, 0.29) is 17.4 Å². The van der Waals surface area contributed by atoms with Crippen LogP contribution in [0.2, 0.25) is 0 Å². The third kappa shape index (κ3) is 3.44. The summed E-state index contributed by atoms with van der Waals surface area (Å²) in [5.74, 6) is -0.404. The molecule has 170 valence electrons. The lowest BCUT2D eigenvalue weighted by Gasteiger charge is -2.32. The van der Waals surface area contributed by atoms with Crippen molar-refractivity contribution in [3.05, 3.63) is 71.2 Å². The first-order chi connectivity index (χ1) is 16.0. The number of furan rings is 1. The number of ketones is 1. The van der Waals surface area contributed by atoms with Gasteiger partial charge in [-0.1, -0.05) is 37.1 Å². The molecule has 1 atom stereocenters. The van der Waals surface area contributed by atoms with Gasteiger partial charge in [-0.2, -0.15) is 0 Å². The predicted molar refractivity (Wildman–Crippen MR) is 122 cm³/mol. The summed E-state index contributed by atoms with van der Waals surface area (Å²) in [4.78, 5) is 28.6. The predicted octanol–water partition coefficient (Wildman–Crippen LogP) is 4.97. The van der Waals surface area contributed by atoms with Crippen LogP contribution in [0.15, 0.2) is 64.3 Å². The zero-order chi connectivity index (χ0) is 23.1. The molecule has 2 aromatic carbocycles. The molecule has 0 radical (unpaired) electrons. The maximum atomic E-state index is 13.7. The van der Waals surface area contributed by atoms with Gasteiger partial charge in [-0.25, -0.2) is 0 Å². The van der Waals surface area contributed by atoms with Crippen LogP contribution in [0.5, 0.6) is 11.5 Å². The molecule has 7 nitrogen and oxygen atoms in total. The molecule has 1 aromatic heterocycles. The Labute approximate surface area is 191 Å². The van der Waals surface area contributed by atoms with Gasteiger partial charge in [-0.15, -0.1) is 0 Å². The second-order valence-corrected chi connectivity index (χ2v) is 8.41. The number of rotatable bonds is 6. The number of Topliss-reactive ketones (excluding diaryl/α,β-unsaturated/α-hetero) is 1. The topological polar surface area (TPSA) is 89.2 Å². The third-order valence-electron chi connectivity index (χ3n) is 6.57. The van der Waals surface area contributed by atoms with Crippen LogP contribution >= 0.6 is 0 Å². The molecule has 1 saturated carbocycles. The Balaban J connectivity index is 1.63. The number of hydrogen-bond donors (Lipinski definition) is 1. The standard InChI is InChI=1S/C26H25NO6/c1-31-18-11-5-7-15(13-18)22-21(24(29)26(30)27(22)17-9-3-4-10-17)23(28)20-14-16-8-6-12-19(32-2)25(16)33-20/h5-8,11-14,17,22,29H,3-4,9-10H2,1-2H3. The second kappa shape index (κ2) is 8.31. The van der Waals surface area contributed by atoms with Gasteiger partial charge in [0.1, 0.15) is 5.75 Å². The van der Waals surface area contributed by atoms with Gasteiger partial charge in [0, 0.05) is 11.4 Å². The van der Waals surface area contributed by atoms with Crippen LogP contribution in [0.25, 0.3) is 11.0 Å². The monoisotopic (exact) mass is 447 g/mol. The molecular weight excluding hydrogens is 422 g/mol. The molecule has 0 spiro atoms. The molecule has 0 saturated heterocycles. The molecule has 3 aromatic rings. The molecule has 1 amide bonds. The smallest absolute Gasteiger partial charge is 0.290 e. The van der Waals surface area contributed by atoms with Crippen molar-refractivity contribution in [2.45, 2.75) is 37.8 Å². The van der Waals surface area contributed by atoms with Gasteiger partial charge in [0.05, 0.1) is 25.8 Å². The lowest BCUT2D eigenvalue weighted by atomic mass is 9.94. The molecule has 33 heavy (non-hydrogen) atoms. The number of fused-ring (bicyclic) bond motifs is 1. The summed E-state index contributed by atoms with van der Waals surface area (Å²) in [6, 6.07) is 13.5. The van der Waals surface area contributed by atoms with Gasteiger partial charge in [-0.05, 0) is 42.7 Å². The van der Waals surface area contributed by atoms with E-state index in [4.69, 9.17) is 13.9 Å². The Bertz CT molecular complexity index is 1270. The van der Waals surface area contributed by atoms with Gasteiger partial charge in [-0.3, -0.25) is 9.59 Å². The average Bonchev–Trinajstić information content (AvgIpc) is 3.57. The number of methoxy groups -OCH3 is 2. The van der Waals surface area contributed by atoms with Crippen LogP contribution in [0.4, 0.5) is 0 Å². The van der Waals surface area contributed by atoms with E-state index in [1.165, 1.54) is 7.11 Å². The fourth-order valence-corrected chi connectivity index (χ4v) is 4.99. The van der Waals surface area contributed by atoms with Crippen LogP contribution in [-0.2, 0) is 4.79 Å². The summed E-state index contributed by atoms with van der Waals surface area (Å²) < 4.78 is 16.6. The number of ether oxygens (including phenoxy) is 2. The molecule has 2 aliphatic rings. The van der Waals surface area contributed by atoms with Gasteiger partial charge in [0.15, 0.2) is 22.9 Å². The molecule has 5 rings (SSSR count). The molecule has 1 fully saturated rings. The number of nitrogens with zero attached hydrogens (tertiary/aromatic N) is 1. The van der Waals surface area contributed by atoms with Crippen LogP contribution in [0.1, 0.15) is 47.8 Å². The minimum atomic E-state index is -0.724. The number of aliphatic hydroxyl groups excluding tert-OH is 1. The Kier molecular flexibility index (Phi) is 5.32. The zero-order valence-corrected chi connectivity index (χ0v) is 18.5. The largest absolute Gasteiger partial charge is 0.503 e. The van der Waals surface area contributed by atoms with Crippen molar-refractivity contribution in [1.29, 1.82) is 0 Å². The summed E-state index contributed by atoms with van der Waals surface area (Å²) in [6.45, 7) is 0.